The van der Waals surface area contributed by atoms with Crippen LogP contribution in [0.25, 0.3) is 0 Å². The number of hydrogen-bond donors (Lipinski definition) is 2. The number of rotatable bonds is 9. The summed E-state index contributed by atoms with van der Waals surface area (Å²) < 4.78 is 10.4. The Morgan fingerprint density at radius 1 is 1.22 bits per heavy atom. The van der Waals surface area contributed by atoms with Crippen LogP contribution >= 0.6 is 0 Å². The zero-order chi connectivity index (χ0) is 13.2. The molecule has 0 aromatic carbocycles. The molecule has 4 heteroatoms. The van der Waals surface area contributed by atoms with Crippen LogP contribution in [0, 0.1) is 5.92 Å². The zero-order valence-corrected chi connectivity index (χ0v) is 12.2. The van der Waals surface area contributed by atoms with Gasteiger partial charge in [-0.2, -0.15) is 0 Å². The zero-order valence-electron chi connectivity index (χ0n) is 12.2. The first-order chi connectivity index (χ1) is 8.76. The highest BCUT2D eigenvalue weighted by atomic mass is 16.5. The van der Waals surface area contributed by atoms with Gasteiger partial charge in [-0.25, -0.2) is 0 Å². The Bertz CT molecular complexity index is 202. The fraction of sp³-hybridized carbons (Fsp3) is 1.00. The fourth-order valence-electron chi connectivity index (χ4n) is 2.64. The van der Waals surface area contributed by atoms with E-state index in [1.165, 1.54) is 25.7 Å². The normalized spacial score (nSPS) is 26.2. The molecule has 18 heavy (non-hydrogen) atoms. The SMILES string of the molecule is COCC(CNCCNC1CCCC(C)C1)OC. The molecule has 0 bridgehead atoms. The average molecular weight is 258 g/mol. The summed E-state index contributed by atoms with van der Waals surface area (Å²) in [5.74, 6) is 0.892. The van der Waals surface area contributed by atoms with E-state index >= 15 is 0 Å². The van der Waals surface area contributed by atoms with E-state index in [2.05, 4.69) is 17.6 Å². The number of hydrogen-bond acceptors (Lipinski definition) is 4. The molecule has 0 amide bonds. The minimum Gasteiger partial charge on any atom is -0.382 e. The predicted octanol–water partition coefficient (Wildman–Crippen LogP) is 1.41. The predicted molar refractivity (Wildman–Crippen MR) is 75.0 cm³/mol. The van der Waals surface area contributed by atoms with Crippen LogP contribution in [0.1, 0.15) is 32.6 Å². The Hall–Kier alpha value is -0.160. The molecule has 108 valence electrons. The topological polar surface area (TPSA) is 42.5 Å². The molecule has 1 fully saturated rings. The molecular weight excluding hydrogens is 228 g/mol. The summed E-state index contributed by atoms with van der Waals surface area (Å²) in [7, 11) is 3.44. The first-order valence-corrected chi connectivity index (χ1v) is 7.22. The van der Waals surface area contributed by atoms with Gasteiger partial charge in [-0.3, -0.25) is 0 Å². The van der Waals surface area contributed by atoms with Crippen molar-refractivity contribution in [3.8, 4) is 0 Å². The summed E-state index contributed by atoms with van der Waals surface area (Å²) in [5.41, 5.74) is 0. The van der Waals surface area contributed by atoms with Crippen LogP contribution in [0.5, 0.6) is 0 Å². The summed E-state index contributed by atoms with van der Waals surface area (Å²) >= 11 is 0. The Kier molecular flexibility index (Phi) is 8.59. The van der Waals surface area contributed by atoms with Gasteiger partial charge < -0.3 is 20.1 Å². The van der Waals surface area contributed by atoms with Crippen molar-refractivity contribution >= 4 is 0 Å². The Balaban J connectivity index is 1.97. The molecule has 1 aliphatic rings. The summed E-state index contributed by atoms with van der Waals surface area (Å²) in [4.78, 5) is 0. The Morgan fingerprint density at radius 3 is 2.72 bits per heavy atom. The highest BCUT2D eigenvalue weighted by molar-refractivity contribution is 4.76. The van der Waals surface area contributed by atoms with Gasteiger partial charge in [-0.05, 0) is 18.8 Å². The van der Waals surface area contributed by atoms with Gasteiger partial charge in [-0.1, -0.05) is 19.8 Å². The van der Waals surface area contributed by atoms with Crippen molar-refractivity contribution in [1.29, 1.82) is 0 Å². The van der Waals surface area contributed by atoms with E-state index in [1.807, 2.05) is 0 Å². The lowest BCUT2D eigenvalue weighted by Gasteiger charge is -2.27. The van der Waals surface area contributed by atoms with Gasteiger partial charge in [0.1, 0.15) is 0 Å². The van der Waals surface area contributed by atoms with Gasteiger partial charge in [0, 0.05) is 39.9 Å². The van der Waals surface area contributed by atoms with Crippen molar-refractivity contribution < 1.29 is 9.47 Å². The van der Waals surface area contributed by atoms with Gasteiger partial charge in [0.2, 0.25) is 0 Å². The molecule has 0 aromatic rings. The number of nitrogens with one attached hydrogen (secondary N) is 2. The van der Waals surface area contributed by atoms with Gasteiger partial charge in [0.05, 0.1) is 12.7 Å². The Labute approximate surface area is 112 Å². The largest absolute Gasteiger partial charge is 0.382 e. The molecular formula is C14H30N2O2. The molecule has 0 radical (unpaired) electrons. The third-order valence-electron chi connectivity index (χ3n) is 3.73. The fourth-order valence-corrected chi connectivity index (χ4v) is 2.64. The third kappa shape index (κ3) is 6.69. The maximum Gasteiger partial charge on any atom is 0.0928 e. The molecule has 1 aliphatic carbocycles. The molecule has 0 heterocycles. The van der Waals surface area contributed by atoms with E-state index in [4.69, 9.17) is 9.47 Å². The van der Waals surface area contributed by atoms with E-state index in [-0.39, 0.29) is 6.10 Å². The summed E-state index contributed by atoms with van der Waals surface area (Å²) in [6, 6.07) is 0.729. The van der Waals surface area contributed by atoms with Crippen molar-refractivity contribution in [2.75, 3.05) is 40.5 Å². The molecule has 1 rings (SSSR count). The van der Waals surface area contributed by atoms with E-state index in [0.717, 1.165) is 31.6 Å². The summed E-state index contributed by atoms with van der Waals surface area (Å²) in [6.45, 7) is 5.90. The van der Waals surface area contributed by atoms with Crippen molar-refractivity contribution in [2.45, 2.75) is 44.8 Å². The molecule has 3 atom stereocenters. The smallest absolute Gasteiger partial charge is 0.0928 e. The number of methoxy groups -OCH3 is 2. The minimum atomic E-state index is 0.157. The van der Waals surface area contributed by atoms with Crippen LogP contribution in [0.4, 0.5) is 0 Å². The third-order valence-corrected chi connectivity index (χ3v) is 3.73. The number of ether oxygens (including phenoxy) is 2. The lowest BCUT2D eigenvalue weighted by atomic mass is 9.87. The van der Waals surface area contributed by atoms with Crippen molar-refractivity contribution in [1.82, 2.24) is 10.6 Å². The van der Waals surface area contributed by atoms with E-state index in [1.54, 1.807) is 14.2 Å². The first kappa shape index (κ1) is 15.9. The van der Waals surface area contributed by atoms with Crippen molar-refractivity contribution in [2.24, 2.45) is 5.92 Å². The van der Waals surface area contributed by atoms with Crippen LogP contribution in [0.15, 0.2) is 0 Å². The molecule has 0 spiro atoms. The lowest BCUT2D eigenvalue weighted by Crippen LogP contribution is -2.40. The standard InChI is InChI=1S/C14H30N2O2/c1-12-5-4-6-13(9-12)16-8-7-15-10-14(18-3)11-17-2/h12-16H,4-11H2,1-3H3. The first-order valence-electron chi connectivity index (χ1n) is 7.22. The second-order valence-electron chi connectivity index (χ2n) is 5.44. The van der Waals surface area contributed by atoms with Gasteiger partial charge in [-0.15, -0.1) is 0 Å². The maximum absolute atomic E-state index is 5.29. The van der Waals surface area contributed by atoms with Gasteiger partial charge in [0.25, 0.3) is 0 Å². The molecule has 0 saturated heterocycles. The Morgan fingerprint density at radius 2 is 2.06 bits per heavy atom. The van der Waals surface area contributed by atoms with E-state index < -0.39 is 0 Å². The second kappa shape index (κ2) is 9.73. The van der Waals surface area contributed by atoms with Crippen LogP contribution in [0.2, 0.25) is 0 Å². The van der Waals surface area contributed by atoms with E-state index in [0.29, 0.717) is 6.61 Å². The highest BCUT2D eigenvalue weighted by Gasteiger charge is 2.17. The van der Waals surface area contributed by atoms with Crippen LogP contribution in [0.3, 0.4) is 0 Å². The average Bonchev–Trinajstić information content (AvgIpc) is 2.37. The lowest BCUT2D eigenvalue weighted by molar-refractivity contribution is 0.0291. The quantitative estimate of drug-likeness (QED) is 0.614. The highest BCUT2D eigenvalue weighted by Crippen LogP contribution is 2.23. The molecule has 4 nitrogen and oxygen atoms in total. The van der Waals surface area contributed by atoms with Crippen LogP contribution in [-0.2, 0) is 9.47 Å². The van der Waals surface area contributed by atoms with Crippen LogP contribution < -0.4 is 10.6 Å². The molecule has 3 unspecified atom stereocenters. The van der Waals surface area contributed by atoms with Crippen LogP contribution in [-0.4, -0.2) is 52.6 Å². The minimum absolute atomic E-state index is 0.157. The van der Waals surface area contributed by atoms with Crippen molar-refractivity contribution in [3.63, 3.8) is 0 Å². The molecule has 2 N–H and O–H groups in total. The van der Waals surface area contributed by atoms with Gasteiger partial charge >= 0.3 is 0 Å². The summed E-state index contributed by atoms with van der Waals surface area (Å²) in [5, 5.41) is 7.05. The van der Waals surface area contributed by atoms with Gasteiger partial charge in [0.15, 0.2) is 0 Å². The molecule has 0 aliphatic heterocycles. The molecule has 0 aromatic heterocycles. The van der Waals surface area contributed by atoms with E-state index in [9.17, 15) is 0 Å². The maximum atomic E-state index is 5.29. The monoisotopic (exact) mass is 258 g/mol. The molecule has 1 saturated carbocycles. The second-order valence-corrected chi connectivity index (χ2v) is 5.44. The summed E-state index contributed by atoms with van der Waals surface area (Å²) in [6.07, 6.45) is 5.62. The van der Waals surface area contributed by atoms with Crippen molar-refractivity contribution in [3.05, 3.63) is 0 Å².